The molecular weight excluding hydrogens is 284 g/mol. The monoisotopic (exact) mass is 308 g/mol. The Bertz CT molecular complexity index is 466. The second-order valence-corrected chi connectivity index (χ2v) is 4.95. The summed E-state index contributed by atoms with van der Waals surface area (Å²) in [5.74, 6) is -1.19. The van der Waals surface area contributed by atoms with Gasteiger partial charge in [-0.1, -0.05) is 29.8 Å². The summed E-state index contributed by atoms with van der Waals surface area (Å²) < 4.78 is 9.91. The van der Waals surface area contributed by atoms with Crippen LogP contribution in [0.15, 0.2) is 24.3 Å². The number of methoxy groups -OCH3 is 2. The van der Waals surface area contributed by atoms with Crippen LogP contribution in [-0.4, -0.2) is 57.2 Å². The number of nitrogens with one attached hydrogen (secondary N) is 1. The molecule has 6 nitrogen and oxygen atoms in total. The highest BCUT2D eigenvalue weighted by Crippen LogP contribution is 2.02. The highest BCUT2D eigenvalue weighted by molar-refractivity contribution is 6.34. The molecule has 1 aromatic rings. The maximum Gasteiger partial charge on any atom is 0.312 e. The van der Waals surface area contributed by atoms with Crippen molar-refractivity contribution in [3.63, 3.8) is 0 Å². The highest BCUT2D eigenvalue weighted by atomic mass is 16.5. The fourth-order valence-electron chi connectivity index (χ4n) is 1.83. The van der Waals surface area contributed by atoms with Crippen molar-refractivity contribution in [3.8, 4) is 0 Å². The van der Waals surface area contributed by atoms with Crippen molar-refractivity contribution >= 4 is 11.8 Å². The van der Waals surface area contributed by atoms with Gasteiger partial charge >= 0.3 is 11.8 Å². The lowest BCUT2D eigenvalue weighted by molar-refractivity contribution is -0.146. The van der Waals surface area contributed by atoms with Crippen LogP contribution >= 0.6 is 0 Å². The number of carbonyl (C=O) groups excluding carboxylic acids is 2. The van der Waals surface area contributed by atoms with Crippen molar-refractivity contribution in [2.45, 2.75) is 13.5 Å². The molecule has 0 saturated carbocycles. The van der Waals surface area contributed by atoms with E-state index in [4.69, 9.17) is 9.47 Å². The molecule has 0 atom stereocenters. The zero-order chi connectivity index (χ0) is 16.4. The minimum absolute atomic E-state index is 0.327. The van der Waals surface area contributed by atoms with E-state index in [1.807, 2.05) is 31.2 Å². The number of rotatable bonds is 8. The highest BCUT2D eigenvalue weighted by Gasteiger charge is 2.21. The van der Waals surface area contributed by atoms with Gasteiger partial charge in [-0.25, -0.2) is 0 Å². The van der Waals surface area contributed by atoms with Crippen molar-refractivity contribution in [2.75, 3.05) is 40.5 Å². The summed E-state index contributed by atoms with van der Waals surface area (Å²) in [4.78, 5) is 25.5. The van der Waals surface area contributed by atoms with E-state index in [0.717, 1.165) is 11.1 Å². The van der Waals surface area contributed by atoms with Crippen LogP contribution in [0.1, 0.15) is 11.1 Å². The number of nitrogens with zero attached hydrogens (tertiary/aromatic N) is 1. The van der Waals surface area contributed by atoms with E-state index >= 15 is 0 Å². The van der Waals surface area contributed by atoms with Gasteiger partial charge in [0.05, 0.1) is 13.2 Å². The van der Waals surface area contributed by atoms with Gasteiger partial charge in [-0.05, 0) is 12.5 Å². The van der Waals surface area contributed by atoms with Crippen LogP contribution in [0, 0.1) is 6.92 Å². The topological polar surface area (TPSA) is 67.9 Å². The van der Waals surface area contributed by atoms with E-state index in [0.29, 0.717) is 32.8 Å². The van der Waals surface area contributed by atoms with E-state index in [1.165, 1.54) is 4.90 Å². The summed E-state index contributed by atoms with van der Waals surface area (Å²) in [7, 11) is 3.10. The predicted octanol–water partition coefficient (Wildman–Crippen LogP) is 0.733. The zero-order valence-corrected chi connectivity index (χ0v) is 13.4. The van der Waals surface area contributed by atoms with Gasteiger partial charge in [-0.15, -0.1) is 0 Å². The first-order chi connectivity index (χ1) is 10.6. The average Bonchev–Trinajstić information content (AvgIpc) is 2.53. The number of benzene rings is 1. The van der Waals surface area contributed by atoms with Crippen molar-refractivity contribution in [1.82, 2.24) is 10.2 Å². The summed E-state index contributed by atoms with van der Waals surface area (Å²) >= 11 is 0. The molecule has 122 valence electrons. The number of hydrogen-bond acceptors (Lipinski definition) is 4. The Kier molecular flexibility index (Phi) is 8.17. The van der Waals surface area contributed by atoms with Crippen LogP contribution in [0.25, 0.3) is 0 Å². The van der Waals surface area contributed by atoms with E-state index < -0.39 is 11.8 Å². The van der Waals surface area contributed by atoms with E-state index in [9.17, 15) is 9.59 Å². The fourth-order valence-corrected chi connectivity index (χ4v) is 1.83. The molecule has 1 rings (SSSR count). The molecule has 0 aliphatic carbocycles. The number of amides is 2. The SMILES string of the molecule is COCCN(CCOC)C(=O)C(=O)NCc1ccc(C)cc1. The summed E-state index contributed by atoms with van der Waals surface area (Å²) in [6.45, 7) is 3.79. The summed E-state index contributed by atoms with van der Waals surface area (Å²) in [5.41, 5.74) is 2.10. The van der Waals surface area contributed by atoms with Gasteiger partial charge in [0.25, 0.3) is 0 Å². The second-order valence-electron chi connectivity index (χ2n) is 4.95. The third kappa shape index (κ3) is 6.24. The largest absolute Gasteiger partial charge is 0.383 e. The molecule has 2 amide bonds. The Morgan fingerprint density at radius 2 is 1.59 bits per heavy atom. The van der Waals surface area contributed by atoms with Gasteiger partial charge in [0, 0.05) is 33.9 Å². The van der Waals surface area contributed by atoms with E-state index in [-0.39, 0.29) is 0 Å². The maximum atomic E-state index is 12.1. The third-order valence-corrected chi connectivity index (χ3v) is 3.19. The van der Waals surface area contributed by atoms with Crippen LogP contribution in [0.2, 0.25) is 0 Å². The standard InChI is InChI=1S/C16H24N2O4/c1-13-4-6-14(7-5-13)12-17-15(19)16(20)18(8-10-21-2)9-11-22-3/h4-7H,8-12H2,1-3H3,(H,17,19). The van der Waals surface area contributed by atoms with Gasteiger partial charge in [-0.3, -0.25) is 9.59 Å². The Balaban J connectivity index is 2.52. The van der Waals surface area contributed by atoms with E-state index in [1.54, 1.807) is 14.2 Å². The second kappa shape index (κ2) is 9.92. The maximum absolute atomic E-state index is 12.1. The van der Waals surface area contributed by atoms with E-state index in [2.05, 4.69) is 5.32 Å². The lowest BCUT2D eigenvalue weighted by Crippen LogP contribution is -2.45. The molecule has 1 N–H and O–H groups in total. The molecule has 0 unspecified atom stereocenters. The number of hydrogen-bond donors (Lipinski definition) is 1. The zero-order valence-electron chi connectivity index (χ0n) is 13.4. The molecule has 6 heteroatoms. The van der Waals surface area contributed by atoms with Crippen molar-refractivity contribution in [3.05, 3.63) is 35.4 Å². The predicted molar refractivity (Wildman–Crippen MR) is 83.4 cm³/mol. The number of ether oxygens (including phenoxy) is 2. The molecule has 0 radical (unpaired) electrons. The molecule has 22 heavy (non-hydrogen) atoms. The van der Waals surface area contributed by atoms with Crippen LogP contribution in [-0.2, 0) is 25.6 Å². The lowest BCUT2D eigenvalue weighted by atomic mass is 10.1. The van der Waals surface area contributed by atoms with Crippen molar-refractivity contribution in [1.29, 1.82) is 0 Å². The molecule has 0 spiro atoms. The molecular formula is C16H24N2O4. The Labute approximate surface area is 131 Å². The van der Waals surface area contributed by atoms with Gasteiger partial charge < -0.3 is 19.7 Å². The Hall–Kier alpha value is -1.92. The molecule has 0 aliphatic heterocycles. The first-order valence-corrected chi connectivity index (χ1v) is 7.19. The first kappa shape index (κ1) is 18.1. The molecule has 0 aromatic heterocycles. The third-order valence-electron chi connectivity index (χ3n) is 3.19. The lowest BCUT2D eigenvalue weighted by Gasteiger charge is -2.21. The minimum atomic E-state index is -0.618. The molecule has 1 aromatic carbocycles. The summed E-state index contributed by atoms with van der Waals surface area (Å²) in [6.07, 6.45) is 0. The smallest absolute Gasteiger partial charge is 0.312 e. The van der Waals surface area contributed by atoms with Crippen LogP contribution < -0.4 is 5.32 Å². The van der Waals surface area contributed by atoms with Gasteiger partial charge in [-0.2, -0.15) is 0 Å². The van der Waals surface area contributed by atoms with Gasteiger partial charge in [0.2, 0.25) is 0 Å². The van der Waals surface area contributed by atoms with Gasteiger partial charge in [0.1, 0.15) is 0 Å². The normalized spacial score (nSPS) is 10.3. The fraction of sp³-hybridized carbons (Fsp3) is 0.500. The minimum Gasteiger partial charge on any atom is -0.383 e. The number of carbonyl (C=O) groups is 2. The summed E-state index contributed by atoms with van der Waals surface area (Å²) in [5, 5.41) is 2.64. The van der Waals surface area contributed by atoms with Crippen LogP contribution in [0.5, 0.6) is 0 Å². The number of aryl methyl sites for hydroxylation is 1. The van der Waals surface area contributed by atoms with Gasteiger partial charge in [0.15, 0.2) is 0 Å². The van der Waals surface area contributed by atoms with Crippen molar-refractivity contribution in [2.24, 2.45) is 0 Å². The average molecular weight is 308 g/mol. The Morgan fingerprint density at radius 1 is 1.05 bits per heavy atom. The Morgan fingerprint density at radius 3 is 2.09 bits per heavy atom. The van der Waals surface area contributed by atoms with Crippen LogP contribution in [0.4, 0.5) is 0 Å². The summed E-state index contributed by atoms with van der Waals surface area (Å²) in [6, 6.07) is 7.78. The quantitative estimate of drug-likeness (QED) is 0.719. The molecule has 0 fully saturated rings. The first-order valence-electron chi connectivity index (χ1n) is 7.19. The van der Waals surface area contributed by atoms with Crippen molar-refractivity contribution < 1.29 is 19.1 Å². The molecule has 0 heterocycles. The molecule has 0 bridgehead atoms. The van der Waals surface area contributed by atoms with Crippen LogP contribution in [0.3, 0.4) is 0 Å². The molecule has 0 saturated heterocycles. The molecule has 0 aliphatic rings.